The fourth-order valence-corrected chi connectivity index (χ4v) is 4.28. The Morgan fingerprint density at radius 1 is 0.917 bits per heavy atom. The first kappa shape index (κ1) is 17.1. The van der Waals surface area contributed by atoms with Gasteiger partial charge in [0.2, 0.25) is 5.91 Å². The first-order valence-electron chi connectivity index (χ1n) is 9.41. The monoisotopic (exact) mass is 332 g/mol. The minimum atomic E-state index is -0.799. The van der Waals surface area contributed by atoms with E-state index in [1.807, 2.05) is 4.90 Å². The van der Waals surface area contributed by atoms with Crippen LogP contribution < -0.4 is 5.32 Å². The maximum atomic E-state index is 12.7. The van der Waals surface area contributed by atoms with Crippen LogP contribution in [0.5, 0.6) is 0 Å². The lowest BCUT2D eigenvalue weighted by atomic mass is 9.86. The summed E-state index contributed by atoms with van der Waals surface area (Å²) in [6.45, 7) is 2.21. The normalized spacial score (nSPS) is 24.5. The summed E-state index contributed by atoms with van der Waals surface area (Å²) in [7, 11) is 0. The third kappa shape index (κ3) is 3.50. The molecule has 0 unspecified atom stereocenters. The average molecular weight is 332 g/mol. The number of amides is 3. The van der Waals surface area contributed by atoms with Crippen LogP contribution in [-0.2, 0) is 4.79 Å². The molecule has 3 rings (SSSR count). The van der Waals surface area contributed by atoms with Crippen molar-refractivity contribution >= 4 is 11.9 Å². The molecule has 0 aromatic carbocycles. The quantitative estimate of drug-likeness (QED) is 0.842. The van der Waals surface area contributed by atoms with Crippen LogP contribution in [0, 0.1) is 16.7 Å². The maximum Gasteiger partial charge on any atom is 0.317 e. The lowest BCUT2D eigenvalue weighted by Gasteiger charge is -2.38. The molecule has 2 aliphatic carbocycles. The van der Waals surface area contributed by atoms with Crippen molar-refractivity contribution in [1.82, 2.24) is 15.1 Å². The predicted molar refractivity (Wildman–Crippen MR) is 90.1 cm³/mol. The summed E-state index contributed by atoms with van der Waals surface area (Å²) < 4.78 is 0. The summed E-state index contributed by atoms with van der Waals surface area (Å²) in [5, 5.41) is 12.6. The van der Waals surface area contributed by atoms with Crippen LogP contribution in [0.25, 0.3) is 0 Å². The molecule has 1 heterocycles. The van der Waals surface area contributed by atoms with Crippen LogP contribution in [0.2, 0.25) is 0 Å². The Hall–Kier alpha value is -1.77. The lowest BCUT2D eigenvalue weighted by Crippen LogP contribution is -2.56. The van der Waals surface area contributed by atoms with E-state index in [4.69, 9.17) is 0 Å². The first-order valence-corrected chi connectivity index (χ1v) is 9.41. The van der Waals surface area contributed by atoms with Gasteiger partial charge in [-0.2, -0.15) is 5.26 Å². The van der Waals surface area contributed by atoms with Crippen LogP contribution in [0.1, 0.15) is 57.8 Å². The van der Waals surface area contributed by atoms with Gasteiger partial charge in [-0.25, -0.2) is 4.79 Å². The van der Waals surface area contributed by atoms with Gasteiger partial charge >= 0.3 is 6.03 Å². The molecule has 0 aromatic heterocycles. The zero-order chi connectivity index (χ0) is 17.0. The standard InChI is InChI=1S/C18H28N4O2/c19-14-18(8-4-5-9-18)16(23)21-10-12-22(13-11-21)17(24)20-15-6-2-1-3-7-15/h15H,1-13H2,(H,20,24). The maximum absolute atomic E-state index is 12.7. The number of carbonyl (C=O) groups excluding carboxylic acids is 2. The van der Waals surface area contributed by atoms with Crippen LogP contribution in [0.15, 0.2) is 0 Å². The molecule has 0 atom stereocenters. The van der Waals surface area contributed by atoms with Gasteiger partial charge in [-0.15, -0.1) is 0 Å². The summed E-state index contributed by atoms with van der Waals surface area (Å²) >= 11 is 0. The lowest BCUT2D eigenvalue weighted by molar-refractivity contribution is -0.140. The van der Waals surface area contributed by atoms with E-state index in [2.05, 4.69) is 11.4 Å². The molecule has 1 N–H and O–H groups in total. The van der Waals surface area contributed by atoms with Gasteiger partial charge in [0.15, 0.2) is 0 Å². The molecular weight excluding hydrogens is 304 g/mol. The van der Waals surface area contributed by atoms with Crippen molar-refractivity contribution in [3.63, 3.8) is 0 Å². The molecule has 3 aliphatic rings. The van der Waals surface area contributed by atoms with Crippen molar-refractivity contribution in [3.05, 3.63) is 0 Å². The Balaban J connectivity index is 1.49. The number of piperazine rings is 1. The highest BCUT2D eigenvalue weighted by Gasteiger charge is 2.44. The molecule has 132 valence electrons. The Morgan fingerprint density at radius 3 is 2.08 bits per heavy atom. The minimum Gasteiger partial charge on any atom is -0.338 e. The van der Waals surface area contributed by atoms with Crippen LogP contribution in [0.3, 0.4) is 0 Å². The summed E-state index contributed by atoms with van der Waals surface area (Å²) in [4.78, 5) is 28.7. The molecule has 3 amide bonds. The molecule has 0 radical (unpaired) electrons. The third-order valence-electron chi connectivity index (χ3n) is 5.87. The number of hydrogen-bond donors (Lipinski definition) is 1. The summed E-state index contributed by atoms with van der Waals surface area (Å²) in [5.74, 6) is -0.0187. The second-order valence-corrected chi connectivity index (χ2v) is 7.46. The number of carbonyl (C=O) groups is 2. The molecular formula is C18H28N4O2. The molecule has 0 bridgehead atoms. The Kier molecular flexibility index (Phi) is 5.27. The highest BCUT2D eigenvalue weighted by Crippen LogP contribution is 2.39. The molecule has 6 nitrogen and oxygen atoms in total. The highest BCUT2D eigenvalue weighted by molar-refractivity contribution is 5.86. The molecule has 24 heavy (non-hydrogen) atoms. The third-order valence-corrected chi connectivity index (χ3v) is 5.87. The second-order valence-electron chi connectivity index (χ2n) is 7.46. The Morgan fingerprint density at radius 2 is 1.50 bits per heavy atom. The summed E-state index contributed by atoms with van der Waals surface area (Å²) in [6.07, 6.45) is 9.12. The van der Waals surface area contributed by atoms with Crippen molar-refractivity contribution < 1.29 is 9.59 Å². The van der Waals surface area contributed by atoms with E-state index in [9.17, 15) is 14.9 Å². The topological polar surface area (TPSA) is 76.4 Å². The number of nitrogens with one attached hydrogen (secondary N) is 1. The molecule has 6 heteroatoms. The van der Waals surface area contributed by atoms with E-state index < -0.39 is 5.41 Å². The van der Waals surface area contributed by atoms with Gasteiger partial charge in [-0.05, 0) is 25.7 Å². The Bertz CT molecular complexity index is 508. The molecule has 2 saturated carbocycles. The molecule has 3 fully saturated rings. The number of nitrogens with zero attached hydrogens (tertiary/aromatic N) is 3. The number of rotatable bonds is 2. The van der Waals surface area contributed by atoms with Gasteiger partial charge in [0.25, 0.3) is 0 Å². The van der Waals surface area contributed by atoms with Gasteiger partial charge in [0.05, 0.1) is 6.07 Å². The minimum absolute atomic E-state index is 0.00450. The predicted octanol–water partition coefficient (Wildman–Crippen LogP) is 2.26. The van der Waals surface area contributed by atoms with Gasteiger partial charge in [0, 0.05) is 32.2 Å². The zero-order valence-corrected chi connectivity index (χ0v) is 14.4. The fraction of sp³-hybridized carbons (Fsp3) is 0.833. The van der Waals surface area contributed by atoms with Crippen LogP contribution >= 0.6 is 0 Å². The van der Waals surface area contributed by atoms with Crippen molar-refractivity contribution in [3.8, 4) is 6.07 Å². The van der Waals surface area contributed by atoms with Crippen molar-refractivity contribution in [1.29, 1.82) is 5.26 Å². The SMILES string of the molecule is N#CC1(C(=O)N2CCN(C(=O)NC3CCCCC3)CC2)CCCC1. The summed E-state index contributed by atoms with van der Waals surface area (Å²) in [6, 6.07) is 2.59. The number of urea groups is 1. The van der Waals surface area contributed by atoms with Crippen LogP contribution in [0.4, 0.5) is 4.79 Å². The van der Waals surface area contributed by atoms with E-state index in [0.29, 0.717) is 45.1 Å². The molecule has 0 aromatic rings. The van der Waals surface area contributed by atoms with E-state index in [-0.39, 0.29) is 11.9 Å². The van der Waals surface area contributed by atoms with E-state index in [1.165, 1.54) is 19.3 Å². The zero-order valence-electron chi connectivity index (χ0n) is 14.4. The first-order chi connectivity index (χ1) is 11.6. The second kappa shape index (κ2) is 7.42. The Labute approximate surface area is 144 Å². The smallest absolute Gasteiger partial charge is 0.317 e. The highest BCUT2D eigenvalue weighted by atomic mass is 16.2. The van der Waals surface area contributed by atoms with E-state index in [1.54, 1.807) is 4.90 Å². The van der Waals surface area contributed by atoms with Gasteiger partial charge in [-0.1, -0.05) is 32.1 Å². The van der Waals surface area contributed by atoms with Gasteiger partial charge in [0.1, 0.15) is 5.41 Å². The van der Waals surface area contributed by atoms with Crippen molar-refractivity contribution in [2.45, 2.75) is 63.8 Å². The van der Waals surface area contributed by atoms with E-state index >= 15 is 0 Å². The average Bonchev–Trinajstić information content (AvgIpc) is 3.12. The van der Waals surface area contributed by atoms with Crippen molar-refractivity contribution in [2.75, 3.05) is 26.2 Å². The number of nitriles is 1. The van der Waals surface area contributed by atoms with E-state index in [0.717, 1.165) is 25.7 Å². The van der Waals surface area contributed by atoms with Crippen molar-refractivity contribution in [2.24, 2.45) is 5.41 Å². The fourth-order valence-electron chi connectivity index (χ4n) is 4.28. The van der Waals surface area contributed by atoms with Crippen LogP contribution in [-0.4, -0.2) is 54.0 Å². The molecule has 1 aliphatic heterocycles. The summed E-state index contributed by atoms with van der Waals surface area (Å²) in [5.41, 5.74) is -0.799. The molecule has 0 spiro atoms. The van der Waals surface area contributed by atoms with Gasteiger partial charge in [-0.3, -0.25) is 4.79 Å². The molecule has 1 saturated heterocycles. The largest absolute Gasteiger partial charge is 0.338 e. The van der Waals surface area contributed by atoms with Gasteiger partial charge < -0.3 is 15.1 Å². The number of hydrogen-bond acceptors (Lipinski definition) is 3.